The van der Waals surface area contributed by atoms with E-state index in [2.05, 4.69) is 15.6 Å². The van der Waals surface area contributed by atoms with Gasteiger partial charge in [0, 0.05) is 39.6 Å². The van der Waals surface area contributed by atoms with Crippen molar-refractivity contribution in [3.8, 4) is 0 Å². The van der Waals surface area contributed by atoms with Gasteiger partial charge in [-0.25, -0.2) is 4.39 Å². The highest BCUT2D eigenvalue weighted by atomic mass is 19.1. The minimum Gasteiger partial charge on any atom is -0.469 e. The Labute approximate surface area is 153 Å². The number of benzene rings is 1. The Morgan fingerprint density at radius 3 is 2.77 bits per heavy atom. The van der Waals surface area contributed by atoms with Crippen LogP contribution in [0.15, 0.2) is 46.0 Å². The normalized spacial score (nSPS) is 15.2. The van der Waals surface area contributed by atoms with Crippen molar-refractivity contribution < 1.29 is 13.5 Å². The number of anilines is 1. The Bertz CT molecular complexity index is 712. The lowest BCUT2D eigenvalue weighted by Gasteiger charge is -2.29. The third-order valence-electron chi connectivity index (χ3n) is 4.29. The second-order valence-electron chi connectivity index (χ2n) is 6.07. The minimum atomic E-state index is -0.202. The van der Waals surface area contributed by atoms with Gasteiger partial charge in [-0.15, -0.1) is 0 Å². The highest BCUT2D eigenvalue weighted by molar-refractivity contribution is 5.79. The van der Waals surface area contributed by atoms with Crippen LogP contribution in [0.25, 0.3) is 0 Å². The fraction of sp³-hybridized carbons (Fsp3) is 0.421. The Balaban J connectivity index is 1.49. The highest BCUT2D eigenvalue weighted by Gasteiger charge is 2.15. The molecule has 7 heteroatoms. The molecular formula is C19H25FN4O2. The Hall–Kier alpha value is -2.54. The van der Waals surface area contributed by atoms with Crippen molar-refractivity contribution in [2.75, 3.05) is 44.8 Å². The number of morpholine rings is 1. The molecule has 1 aromatic carbocycles. The molecule has 0 atom stereocenters. The number of furan rings is 1. The van der Waals surface area contributed by atoms with Crippen LogP contribution in [0.3, 0.4) is 0 Å². The van der Waals surface area contributed by atoms with Crippen molar-refractivity contribution in [3.63, 3.8) is 0 Å². The molecule has 6 nitrogen and oxygen atoms in total. The van der Waals surface area contributed by atoms with Crippen LogP contribution < -0.4 is 15.5 Å². The summed E-state index contributed by atoms with van der Waals surface area (Å²) in [6.45, 7) is 3.94. The molecule has 0 saturated carbocycles. The van der Waals surface area contributed by atoms with Crippen molar-refractivity contribution in [1.82, 2.24) is 10.6 Å². The third-order valence-corrected chi connectivity index (χ3v) is 4.29. The first-order valence-electron chi connectivity index (χ1n) is 8.84. The summed E-state index contributed by atoms with van der Waals surface area (Å²) in [4.78, 5) is 6.20. The molecule has 0 spiro atoms. The van der Waals surface area contributed by atoms with Crippen LogP contribution in [0.1, 0.15) is 11.3 Å². The van der Waals surface area contributed by atoms with Crippen LogP contribution in [0.5, 0.6) is 0 Å². The lowest BCUT2D eigenvalue weighted by Crippen LogP contribution is -2.38. The summed E-state index contributed by atoms with van der Waals surface area (Å²) in [5.41, 5.74) is 1.51. The quantitative estimate of drug-likeness (QED) is 0.611. The number of hydrogen-bond acceptors (Lipinski definition) is 4. The standard InChI is InChI=1S/C19H25FN4O2/c1-21-19(22-7-6-16-3-2-10-26-16)23-14-15-4-5-18(17(20)13-15)24-8-11-25-12-9-24/h2-5,10,13H,6-9,11-12,14H2,1H3,(H2,21,22,23). The average Bonchev–Trinajstić information content (AvgIpc) is 3.19. The Morgan fingerprint density at radius 2 is 2.08 bits per heavy atom. The molecular weight excluding hydrogens is 335 g/mol. The van der Waals surface area contributed by atoms with Gasteiger partial charge in [-0.05, 0) is 29.8 Å². The number of ether oxygens (including phenoxy) is 1. The number of halogens is 1. The average molecular weight is 360 g/mol. The van der Waals surface area contributed by atoms with Crippen molar-refractivity contribution in [2.45, 2.75) is 13.0 Å². The predicted molar refractivity (Wildman–Crippen MR) is 100 cm³/mol. The number of aliphatic imine (C=N–C) groups is 1. The van der Waals surface area contributed by atoms with E-state index in [9.17, 15) is 4.39 Å². The van der Waals surface area contributed by atoms with E-state index < -0.39 is 0 Å². The zero-order valence-corrected chi connectivity index (χ0v) is 15.0. The molecule has 2 aromatic rings. The van der Waals surface area contributed by atoms with Gasteiger partial charge in [0.25, 0.3) is 0 Å². The van der Waals surface area contributed by atoms with E-state index >= 15 is 0 Å². The number of hydrogen-bond donors (Lipinski definition) is 2. The van der Waals surface area contributed by atoms with Gasteiger partial charge in [0.1, 0.15) is 11.6 Å². The number of nitrogens with one attached hydrogen (secondary N) is 2. The topological polar surface area (TPSA) is 62.0 Å². The van der Waals surface area contributed by atoms with E-state index in [0.29, 0.717) is 38.0 Å². The van der Waals surface area contributed by atoms with Gasteiger partial charge in [-0.2, -0.15) is 0 Å². The molecule has 1 saturated heterocycles. The first kappa shape index (κ1) is 18.3. The van der Waals surface area contributed by atoms with E-state index in [-0.39, 0.29) is 5.82 Å². The maximum absolute atomic E-state index is 14.4. The van der Waals surface area contributed by atoms with Gasteiger partial charge >= 0.3 is 0 Å². The molecule has 140 valence electrons. The van der Waals surface area contributed by atoms with Gasteiger partial charge < -0.3 is 24.7 Å². The SMILES string of the molecule is CN=C(NCCc1ccco1)NCc1ccc(N2CCOCC2)c(F)c1. The van der Waals surface area contributed by atoms with Gasteiger partial charge in [-0.1, -0.05) is 6.07 Å². The predicted octanol–water partition coefficient (Wildman–Crippen LogP) is 2.16. The van der Waals surface area contributed by atoms with Crippen molar-refractivity contribution in [2.24, 2.45) is 4.99 Å². The van der Waals surface area contributed by atoms with E-state index in [1.165, 1.54) is 0 Å². The van der Waals surface area contributed by atoms with Gasteiger partial charge in [0.05, 0.1) is 25.2 Å². The molecule has 0 unspecified atom stereocenters. The molecule has 3 rings (SSSR count). The van der Waals surface area contributed by atoms with E-state index in [4.69, 9.17) is 9.15 Å². The first-order valence-corrected chi connectivity index (χ1v) is 8.84. The van der Waals surface area contributed by atoms with Crippen LogP contribution in [-0.4, -0.2) is 45.9 Å². The molecule has 2 heterocycles. The smallest absolute Gasteiger partial charge is 0.191 e. The van der Waals surface area contributed by atoms with E-state index in [1.807, 2.05) is 29.2 Å². The van der Waals surface area contributed by atoms with Crippen LogP contribution in [0.4, 0.5) is 10.1 Å². The van der Waals surface area contributed by atoms with Crippen LogP contribution in [0, 0.1) is 5.82 Å². The summed E-state index contributed by atoms with van der Waals surface area (Å²) in [5, 5.41) is 6.42. The van der Waals surface area contributed by atoms with Crippen molar-refractivity contribution in [3.05, 3.63) is 53.7 Å². The van der Waals surface area contributed by atoms with E-state index in [1.54, 1.807) is 19.4 Å². The zero-order chi connectivity index (χ0) is 18.2. The molecule has 1 aromatic heterocycles. The lowest BCUT2D eigenvalue weighted by molar-refractivity contribution is 0.122. The minimum absolute atomic E-state index is 0.202. The van der Waals surface area contributed by atoms with Crippen LogP contribution >= 0.6 is 0 Å². The van der Waals surface area contributed by atoms with Gasteiger partial charge in [-0.3, -0.25) is 4.99 Å². The highest BCUT2D eigenvalue weighted by Crippen LogP contribution is 2.21. The fourth-order valence-corrected chi connectivity index (χ4v) is 2.89. The number of rotatable bonds is 6. The monoisotopic (exact) mass is 360 g/mol. The summed E-state index contributed by atoms with van der Waals surface area (Å²) in [6, 6.07) is 9.17. The molecule has 1 aliphatic heterocycles. The Kier molecular flexibility index (Phi) is 6.49. The number of guanidine groups is 1. The summed E-state index contributed by atoms with van der Waals surface area (Å²) < 4.78 is 25.1. The van der Waals surface area contributed by atoms with Gasteiger partial charge in [0.2, 0.25) is 0 Å². The molecule has 26 heavy (non-hydrogen) atoms. The molecule has 0 bridgehead atoms. The van der Waals surface area contributed by atoms with E-state index in [0.717, 1.165) is 30.8 Å². The molecule has 2 N–H and O–H groups in total. The van der Waals surface area contributed by atoms with Crippen LogP contribution in [0.2, 0.25) is 0 Å². The first-order chi connectivity index (χ1) is 12.8. The van der Waals surface area contributed by atoms with Crippen molar-refractivity contribution >= 4 is 11.6 Å². The molecule has 0 aliphatic carbocycles. The molecule has 0 amide bonds. The maximum Gasteiger partial charge on any atom is 0.191 e. The third kappa shape index (κ3) is 4.98. The summed E-state index contributed by atoms with van der Waals surface area (Å²) in [7, 11) is 1.71. The molecule has 0 radical (unpaired) electrons. The van der Waals surface area contributed by atoms with Crippen molar-refractivity contribution in [1.29, 1.82) is 0 Å². The Morgan fingerprint density at radius 1 is 1.23 bits per heavy atom. The largest absolute Gasteiger partial charge is 0.469 e. The summed E-state index contributed by atoms with van der Waals surface area (Å²) in [6.07, 6.45) is 2.44. The molecule has 1 fully saturated rings. The zero-order valence-electron chi connectivity index (χ0n) is 15.0. The van der Waals surface area contributed by atoms with Crippen LogP contribution in [-0.2, 0) is 17.7 Å². The molecule has 1 aliphatic rings. The maximum atomic E-state index is 14.4. The summed E-state index contributed by atoms with van der Waals surface area (Å²) >= 11 is 0. The fourth-order valence-electron chi connectivity index (χ4n) is 2.89. The second-order valence-corrected chi connectivity index (χ2v) is 6.07. The lowest BCUT2D eigenvalue weighted by atomic mass is 10.1. The summed E-state index contributed by atoms with van der Waals surface area (Å²) in [5.74, 6) is 1.40. The number of nitrogens with zero attached hydrogens (tertiary/aromatic N) is 2. The van der Waals surface area contributed by atoms with Gasteiger partial charge in [0.15, 0.2) is 5.96 Å². The second kappa shape index (κ2) is 9.24.